The molecule has 1 aliphatic rings. The van der Waals surface area contributed by atoms with Crippen LogP contribution in [0.1, 0.15) is 71.1 Å². The monoisotopic (exact) mass is 244 g/mol. The molecule has 17 heavy (non-hydrogen) atoms. The van der Waals surface area contributed by atoms with Crippen LogP contribution < -0.4 is 0 Å². The molecule has 1 saturated carbocycles. The van der Waals surface area contributed by atoms with Gasteiger partial charge in [-0.25, -0.2) is 4.39 Å². The van der Waals surface area contributed by atoms with E-state index in [4.69, 9.17) is 4.74 Å². The molecular weight excluding hydrogens is 219 g/mol. The molecule has 0 radical (unpaired) electrons. The van der Waals surface area contributed by atoms with E-state index in [0.717, 1.165) is 25.7 Å². The van der Waals surface area contributed by atoms with Gasteiger partial charge in [-0.15, -0.1) is 0 Å². The van der Waals surface area contributed by atoms with Crippen molar-refractivity contribution in [3.63, 3.8) is 0 Å². The molecule has 2 nitrogen and oxygen atoms in total. The number of carbonyl (C=O) groups excluding carboxylic acids is 1. The third-order valence-corrected chi connectivity index (χ3v) is 3.44. The van der Waals surface area contributed by atoms with Crippen molar-refractivity contribution in [2.24, 2.45) is 0 Å². The zero-order chi connectivity index (χ0) is 12.5. The number of alkyl halides is 1. The molecular formula is C14H25FO2. The van der Waals surface area contributed by atoms with Crippen LogP contribution >= 0.6 is 0 Å². The first-order valence-corrected chi connectivity index (χ1v) is 7.01. The van der Waals surface area contributed by atoms with Crippen molar-refractivity contribution >= 4 is 5.97 Å². The number of hydrogen-bond acceptors (Lipinski definition) is 2. The Morgan fingerprint density at radius 1 is 0.941 bits per heavy atom. The predicted octanol–water partition coefficient (Wildman–Crippen LogP) is 4.17. The van der Waals surface area contributed by atoms with Gasteiger partial charge in [-0.3, -0.25) is 4.79 Å². The van der Waals surface area contributed by atoms with Gasteiger partial charge >= 0.3 is 5.97 Å². The lowest BCUT2D eigenvalue weighted by molar-refractivity contribution is -0.150. The maximum atomic E-state index is 13.9. The number of hydrogen-bond donors (Lipinski definition) is 0. The van der Waals surface area contributed by atoms with E-state index in [9.17, 15) is 9.18 Å². The van der Waals surface area contributed by atoms with Crippen molar-refractivity contribution in [2.75, 3.05) is 0 Å². The van der Waals surface area contributed by atoms with E-state index < -0.39 is 12.3 Å². The molecule has 0 aromatic heterocycles. The third kappa shape index (κ3) is 6.64. The van der Waals surface area contributed by atoms with Gasteiger partial charge in [0.1, 0.15) is 12.3 Å². The van der Waals surface area contributed by atoms with Gasteiger partial charge in [-0.2, -0.15) is 0 Å². The summed E-state index contributed by atoms with van der Waals surface area (Å²) in [5.41, 5.74) is 0. The highest BCUT2D eigenvalue weighted by molar-refractivity contribution is 5.66. The molecule has 1 unspecified atom stereocenters. The zero-order valence-corrected chi connectivity index (χ0v) is 10.9. The van der Waals surface area contributed by atoms with Crippen LogP contribution in [0.3, 0.4) is 0 Å². The molecule has 0 N–H and O–H groups in total. The van der Waals surface area contributed by atoms with E-state index in [-0.39, 0.29) is 5.97 Å². The van der Waals surface area contributed by atoms with Crippen LogP contribution in [0, 0.1) is 0 Å². The Hall–Kier alpha value is -0.600. The summed E-state index contributed by atoms with van der Waals surface area (Å²) in [4.78, 5) is 10.9. The summed E-state index contributed by atoms with van der Waals surface area (Å²) in [7, 11) is 0. The summed E-state index contributed by atoms with van der Waals surface area (Å²) in [6.45, 7) is 1.36. The Kier molecular flexibility index (Phi) is 7.22. The lowest BCUT2D eigenvalue weighted by atomic mass is 9.98. The molecule has 1 fully saturated rings. The predicted molar refractivity (Wildman–Crippen MR) is 66.6 cm³/mol. The number of ether oxygens (including phenoxy) is 1. The van der Waals surface area contributed by atoms with Crippen molar-refractivity contribution in [3.8, 4) is 0 Å². The first-order valence-electron chi connectivity index (χ1n) is 7.01. The lowest BCUT2D eigenvalue weighted by Crippen LogP contribution is -2.27. The van der Waals surface area contributed by atoms with Crippen molar-refractivity contribution < 1.29 is 13.9 Å². The highest BCUT2D eigenvalue weighted by atomic mass is 19.1. The second-order valence-electron chi connectivity index (χ2n) is 5.07. The van der Waals surface area contributed by atoms with Gasteiger partial charge in [0.25, 0.3) is 0 Å². The zero-order valence-electron chi connectivity index (χ0n) is 10.9. The van der Waals surface area contributed by atoms with Crippen molar-refractivity contribution in [1.29, 1.82) is 0 Å². The average molecular weight is 244 g/mol. The lowest BCUT2D eigenvalue weighted by Gasteiger charge is -2.21. The topological polar surface area (TPSA) is 26.3 Å². The van der Waals surface area contributed by atoms with E-state index in [1.165, 1.54) is 32.6 Å². The molecule has 0 amide bonds. The minimum atomic E-state index is -0.974. The smallest absolute Gasteiger partial charge is 0.303 e. The van der Waals surface area contributed by atoms with Gasteiger partial charge < -0.3 is 4.74 Å². The molecule has 0 aliphatic heterocycles. The summed E-state index contributed by atoms with van der Waals surface area (Å²) >= 11 is 0. The molecule has 0 saturated heterocycles. The fraction of sp³-hybridized carbons (Fsp3) is 0.929. The van der Waals surface area contributed by atoms with E-state index in [1.54, 1.807) is 0 Å². The summed E-state index contributed by atoms with van der Waals surface area (Å²) in [5, 5.41) is 0. The molecule has 100 valence electrons. The highest BCUT2D eigenvalue weighted by Crippen LogP contribution is 2.21. The quantitative estimate of drug-likeness (QED) is 0.647. The summed E-state index contributed by atoms with van der Waals surface area (Å²) < 4.78 is 19.0. The van der Waals surface area contributed by atoms with Gasteiger partial charge in [0.2, 0.25) is 0 Å². The largest absolute Gasteiger partial charge is 0.459 e. The van der Waals surface area contributed by atoms with Crippen molar-refractivity contribution in [3.05, 3.63) is 0 Å². The average Bonchev–Trinajstić information content (AvgIpc) is 2.27. The Bertz CT molecular complexity index is 218. The third-order valence-electron chi connectivity index (χ3n) is 3.44. The summed E-state index contributed by atoms with van der Waals surface area (Å²) in [6, 6.07) is 0. The molecule has 3 heteroatoms. The van der Waals surface area contributed by atoms with Crippen molar-refractivity contribution in [2.45, 2.75) is 83.4 Å². The van der Waals surface area contributed by atoms with Crippen LogP contribution in [0.25, 0.3) is 0 Å². The normalized spacial score (nSPS) is 28.8. The Labute approximate surface area is 104 Å². The van der Waals surface area contributed by atoms with Crippen molar-refractivity contribution in [1.82, 2.24) is 0 Å². The number of esters is 1. The van der Waals surface area contributed by atoms with Crippen LogP contribution in [0.2, 0.25) is 0 Å². The first-order chi connectivity index (χ1) is 8.20. The van der Waals surface area contributed by atoms with Gasteiger partial charge in [0, 0.05) is 6.92 Å². The molecule has 1 aliphatic carbocycles. The second-order valence-corrected chi connectivity index (χ2v) is 5.07. The van der Waals surface area contributed by atoms with Crippen LogP contribution in [0.4, 0.5) is 4.39 Å². The molecule has 1 rings (SSSR count). The van der Waals surface area contributed by atoms with Crippen LogP contribution in [-0.2, 0) is 9.53 Å². The SMILES string of the molecule is CC(=O)OC1CCCCCCCCCC[C@@H]1F. The van der Waals surface area contributed by atoms with E-state index in [2.05, 4.69) is 0 Å². The number of halogens is 1. The van der Waals surface area contributed by atoms with E-state index >= 15 is 0 Å². The first kappa shape index (κ1) is 14.5. The maximum absolute atomic E-state index is 13.9. The highest BCUT2D eigenvalue weighted by Gasteiger charge is 2.23. The van der Waals surface area contributed by atoms with Gasteiger partial charge in [-0.1, -0.05) is 44.9 Å². The minimum absolute atomic E-state index is 0.357. The van der Waals surface area contributed by atoms with E-state index in [1.807, 2.05) is 0 Å². The fourth-order valence-electron chi connectivity index (χ4n) is 2.46. The molecule has 0 bridgehead atoms. The maximum Gasteiger partial charge on any atom is 0.303 e. The fourth-order valence-corrected chi connectivity index (χ4v) is 2.46. The van der Waals surface area contributed by atoms with Gasteiger partial charge in [0.05, 0.1) is 0 Å². The van der Waals surface area contributed by atoms with E-state index in [0.29, 0.717) is 12.8 Å². The molecule has 0 heterocycles. The van der Waals surface area contributed by atoms with Crippen LogP contribution in [-0.4, -0.2) is 18.2 Å². The molecule has 0 aromatic carbocycles. The molecule has 0 aromatic rings. The minimum Gasteiger partial charge on any atom is -0.459 e. The van der Waals surface area contributed by atoms with Crippen LogP contribution in [0.15, 0.2) is 0 Å². The Morgan fingerprint density at radius 2 is 1.41 bits per heavy atom. The molecule has 0 spiro atoms. The standard InChI is InChI=1S/C14H25FO2/c1-12(16)17-14-11-9-7-5-3-2-4-6-8-10-13(14)15/h13-14H,2-11H2,1H3/t13-,14?/m0/s1. The Balaban J connectivity index is 2.41. The second kappa shape index (κ2) is 8.48. The van der Waals surface area contributed by atoms with Gasteiger partial charge in [-0.05, 0) is 19.3 Å². The van der Waals surface area contributed by atoms with Gasteiger partial charge in [0.15, 0.2) is 0 Å². The van der Waals surface area contributed by atoms with Crippen LogP contribution in [0.5, 0.6) is 0 Å². The Morgan fingerprint density at radius 3 is 1.94 bits per heavy atom. The number of carbonyl (C=O) groups is 1. The molecule has 2 atom stereocenters. The summed E-state index contributed by atoms with van der Waals surface area (Å²) in [5.74, 6) is -0.357. The number of rotatable bonds is 1. The summed E-state index contributed by atoms with van der Waals surface area (Å²) in [6.07, 6.45) is 8.87.